The monoisotopic (exact) mass is 302 g/mol. The van der Waals surface area contributed by atoms with Crippen molar-refractivity contribution >= 4 is 0 Å². The van der Waals surface area contributed by atoms with E-state index < -0.39 is 0 Å². The van der Waals surface area contributed by atoms with Gasteiger partial charge in [-0.05, 0) is 36.7 Å². The molecule has 2 rings (SSSR count). The summed E-state index contributed by atoms with van der Waals surface area (Å²) < 4.78 is 10.8. The van der Waals surface area contributed by atoms with Gasteiger partial charge in [-0.25, -0.2) is 4.98 Å². The van der Waals surface area contributed by atoms with Gasteiger partial charge in [0.1, 0.15) is 12.4 Å². The van der Waals surface area contributed by atoms with Gasteiger partial charge in [-0.2, -0.15) is 0 Å². The molecule has 1 aromatic heterocycles. The number of rotatable bonds is 10. The Hall–Kier alpha value is -2.11. The summed E-state index contributed by atoms with van der Waals surface area (Å²) in [5.74, 6) is 1.45. The van der Waals surface area contributed by atoms with Crippen molar-refractivity contribution in [2.24, 2.45) is 0 Å². The molecule has 0 unspecified atom stereocenters. The van der Waals surface area contributed by atoms with E-state index in [1.54, 1.807) is 6.20 Å². The smallest absolute Gasteiger partial charge is 0.213 e. The molecule has 2 aromatic rings. The standard InChI is InChI=1S/C17H22N2O3/c20-11-13-21-16-7-5-15(6-8-16)14-18-9-3-12-22-17-4-1-2-10-19-17/h1-2,4-8,10,18,20H,3,9,11-14H2. The van der Waals surface area contributed by atoms with Crippen LogP contribution in [0.4, 0.5) is 0 Å². The van der Waals surface area contributed by atoms with Crippen molar-refractivity contribution < 1.29 is 14.6 Å². The van der Waals surface area contributed by atoms with Crippen molar-refractivity contribution in [1.82, 2.24) is 10.3 Å². The zero-order chi connectivity index (χ0) is 15.5. The largest absolute Gasteiger partial charge is 0.491 e. The maximum absolute atomic E-state index is 8.69. The molecule has 0 fully saturated rings. The first-order chi connectivity index (χ1) is 10.9. The average molecular weight is 302 g/mol. The Morgan fingerprint density at radius 2 is 1.86 bits per heavy atom. The van der Waals surface area contributed by atoms with Gasteiger partial charge in [0.05, 0.1) is 13.2 Å². The highest BCUT2D eigenvalue weighted by molar-refractivity contribution is 5.27. The Balaban J connectivity index is 1.56. The van der Waals surface area contributed by atoms with Crippen LogP contribution >= 0.6 is 0 Å². The van der Waals surface area contributed by atoms with E-state index in [0.29, 0.717) is 19.1 Å². The third-order valence-electron chi connectivity index (χ3n) is 3.00. The summed E-state index contributed by atoms with van der Waals surface area (Å²) in [6.45, 7) is 2.70. The predicted octanol–water partition coefficient (Wildman–Crippen LogP) is 2.01. The van der Waals surface area contributed by atoms with Crippen LogP contribution in [0.15, 0.2) is 48.7 Å². The predicted molar refractivity (Wildman–Crippen MR) is 85.1 cm³/mol. The average Bonchev–Trinajstić information content (AvgIpc) is 2.58. The van der Waals surface area contributed by atoms with Crippen molar-refractivity contribution in [2.45, 2.75) is 13.0 Å². The van der Waals surface area contributed by atoms with Gasteiger partial charge < -0.3 is 19.9 Å². The van der Waals surface area contributed by atoms with Crippen LogP contribution in [0.3, 0.4) is 0 Å². The first-order valence-electron chi connectivity index (χ1n) is 7.45. The van der Waals surface area contributed by atoms with Gasteiger partial charge in [-0.1, -0.05) is 18.2 Å². The molecule has 0 saturated heterocycles. The van der Waals surface area contributed by atoms with Crippen molar-refractivity contribution in [3.8, 4) is 11.6 Å². The maximum atomic E-state index is 8.69. The summed E-state index contributed by atoms with van der Waals surface area (Å²) in [5.41, 5.74) is 1.20. The Morgan fingerprint density at radius 3 is 2.59 bits per heavy atom. The number of hydrogen-bond acceptors (Lipinski definition) is 5. The lowest BCUT2D eigenvalue weighted by Crippen LogP contribution is -2.17. The normalized spacial score (nSPS) is 10.4. The summed E-state index contributed by atoms with van der Waals surface area (Å²) in [4.78, 5) is 4.10. The van der Waals surface area contributed by atoms with E-state index in [-0.39, 0.29) is 6.61 Å². The molecule has 0 aliphatic carbocycles. The molecule has 1 heterocycles. The van der Waals surface area contributed by atoms with Gasteiger partial charge in [0.25, 0.3) is 0 Å². The quantitative estimate of drug-likeness (QED) is 0.657. The second-order valence-electron chi connectivity index (χ2n) is 4.76. The summed E-state index contributed by atoms with van der Waals surface area (Å²) in [7, 11) is 0. The fourth-order valence-corrected chi connectivity index (χ4v) is 1.91. The van der Waals surface area contributed by atoms with Crippen molar-refractivity contribution in [1.29, 1.82) is 0 Å². The minimum atomic E-state index is 0.0316. The number of nitrogens with one attached hydrogen (secondary N) is 1. The number of nitrogens with zero attached hydrogens (tertiary/aromatic N) is 1. The van der Waals surface area contributed by atoms with E-state index in [4.69, 9.17) is 14.6 Å². The van der Waals surface area contributed by atoms with Crippen LogP contribution in [-0.4, -0.2) is 36.5 Å². The van der Waals surface area contributed by atoms with Crippen molar-refractivity contribution in [2.75, 3.05) is 26.4 Å². The summed E-state index contributed by atoms with van der Waals surface area (Å²) >= 11 is 0. The van der Waals surface area contributed by atoms with Gasteiger partial charge in [0, 0.05) is 18.8 Å². The van der Waals surface area contributed by atoms with Crippen LogP contribution in [-0.2, 0) is 6.54 Å². The number of aliphatic hydroxyl groups is 1. The lowest BCUT2D eigenvalue weighted by Gasteiger charge is -2.08. The maximum Gasteiger partial charge on any atom is 0.213 e. The molecule has 0 aliphatic heterocycles. The zero-order valence-electron chi connectivity index (χ0n) is 12.6. The Kier molecular flexibility index (Phi) is 7.21. The molecule has 2 N–H and O–H groups in total. The van der Waals surface area contributed by atoms with E-state index >= 15 is 0 Å². The number of benzene rings is 1. The fourth-order valence-electron chi connectivity index (χ4n) is 1.91. The highest BCUT2D eigenvalue weighted by Crippen LogP contribution is 2.11. The highest BCUT2D eigenvalue weighted by Gasteiger charge is 1.97. The van der Waals surface area contributed by atoms with Gasteiger partial charge in [0.15, 0.2) is 0 Å². The number of hydrogen-bond donors (Lipinski definition) is 2. The molecule has 0 bridgehead atoms. The van der Waals surface area contributed by atoms with Crippen LogP contribution in [0, 0.1) is 0 Å². The van der Waals surface area contributed by atoms with E-state index in [1.807, 2.05) is 42.5 Å². The molecular weight excluding hydrogens is 280 g/mol. The minimum absolute atomic E-state index is 0.0316. The fraction of sp³-hybridized carbons (Fsp3) is 0.353. The molecule has 22 heavy (non-hydrogen) atoms. The third kappa shape index (κ3) is 6.11. The second kappa shape index (κ2) is 9.76. The molecular formula is C17H22N2O3. The zero-order valence-corrected chi connectivity index (χ0v) is 12.6. The van der Waals surface area contributed by atoms with Gasteiger partial charge in [0.2, 0.25) is 5.88 Å². The van der Waals surface area contributed by atoms with Gasteiger partial charge >= 0.3 is 0 Å². The molecule has 0 radical (unpaired) electrons. The number of ether oxygens (including phenoxy) is 2. The molecule has 0 amide bonds. The lowest BCUT2D eigenvalue weighted by atomic mass is 10.2. The lowest BCUT2D eigenvalue weighted by molar-refractivity contribution is 0.201. The minimum Gasteiger partial charge on any atom is -0.491 e. The molecule has 5 nitrogen and oxygen atoms in total. The van der Waals surface area contributed by atoms with Crippen LogP contribution in [0.1, 0.15) is 12.0 Å². The number of aromatic nitrogens is 1. The topological polar surface area (TPSA) is 63.6 Å². The van der Waals surface area contributed by atoms with E-state index in [0.717, 1.165) is 25.3 Å². The van der Waals surface area contributed by atoms with Gasteiger partial charge in [-0.15, -0.1) is 0 Å². The highest BCUT2D eigenvalue weighted by atomic mass is 16.5. The molecule has 0 aliphatic rings. The van der Waals surface area contributed by atoms with E-state index in [1.165, 1.54) is 5.56 Å². The van der Waals surface area contributed by atoms with Gasteiger partial charge in [-0.3, -0.25) is 0 Å². The van der Waals surface area contributed by atoms with Crippen LogP contribution in [0.25, 0.3) is 0 Å². The second-order valence-corrected chi connectivity index (χ2v) is 4.76. The molecule has 118 valence electrons. The van der Waals surface area contributed by atoms with Crippen molar-refractivity contribution in [3.63, 3.8) is 0 Å². The molecule has 1 aromatic carbocycles. The van der Waals surface area contributed by atoms with Crippen molar-refractivity contribution in [3.05, 3.63) is 54.2 Å². The SMILES string of the molecule is OCCOc1ccc(CNCCCOc2ccccn2)cc1. The molecule has 5 heteroatoms. The summed E-state index contributed by atoms with van der Waals surface area (Å²) in [6, 6.07) is 13.5. The van der Waals surface area contributed by atoms with E-state index in [9.17, 15) is 0 Å². The Labute approximate surface area is 130 Å². The number of pyridine rings is 1. The molecule has 0 atom stereocenters. The van der Waals surface area contributed by atoms with E-state index in [2.05, 4.69) is 10.3 Å². The number of aliphatic hydroxyl groups excluding tert-OH is 1. The third-order valence-corrected chi connectivity index (χ3v) is 3.00. The first-order valence-corrected chi connectivity index (χ1v) is 7.45. The Morgan fingerprint density at radius 1 is 1.00 bits per heavy atom. The Bertz CT molecular complexity index is 517. The summed E-state index contributed by atoms with van der Waals surface area (Å²) in [6.07, 6.45) is 2.65. The van der Waals surface area contributed by atoms with Crippen LogP contribution in [0.5, 0.6) is 11.6 Å². The first kappa shape index (κ1) is 16.3. The van der Waals surface area contributed by atoms with Crippen LogP contribution < -0.4 is 14.8 Å². The molecule has 0 spiro atoms. The summed E-state index contributed by atoms with van der Waals surface area (Å²) in [5, 5.41) is 12.1. The van der Waals surface area contributed by atoms with Crippen LogP contribution in [0.2, 0.25) is 0 Å². The molecule has 0 saturated carbocycles.